The number of benzene rings is 1. The van der Waals surface area contributed by atoms with Crippen LogP contribution in [0.2, 0.25) is 10.0 Å². The van der Waals surface area contributed by atoms with Crippen molar-refractivity contribution < 1.29 is 24.2 Å². The van der Waals surface area contributed by atoms with Gasteiger partial charge in [0.1, 0.15) is 23.3 Å². The highest BCUT2D eigenvalue weighted by atomic mass is 35.5. The summed E-state index contributed by atoms with van der Waals surface area (Å²) in [6.45, 7) is 10.1. The van der Waals surface area contributed by atoms with Crippen molar-refractivity contribution >= 4 is 52.4 Å². The molecule has 1 N–H and O–H groups in total. The van der Waals surface area contributed by atoms with Crippen LogP contribution < -0.4 is 4.90 Å². The van der Waals surface area contributed by atoms with Crippen LogP contribution in [0.15, 0.2) is 24.8 Å². The van der Waals surface area contributed by atoms with Crippen molar-refractivity contribution in [2.24, 2.45) is 0 Å². The SMILES string of the molecule is CC(C)(C)OC(=O)N(C(=O)OC(C)(C)C)c1ncnc2c1ncn2Cc1c(O)ccc(Cl)c1Cl. The van der Waals surface area contributed by atoms with Crippen molar-refractivity contribution in [3.8, 4) is 5.75 Å². The van der Waals surface area contributed by atoms with Crippen LogP contribution in [-0.4, -0.2) is 48.0 Å². The Labute approximate surface area is 206 Å². The van der Waals surface area contributed by atoms with E-state index in [1.165, 1.54) is 24.8 Å². The van der Waals surface area contributed by atoms with Crippen molar-refractivity contribution in [2.75, 3.05) is 4.90 Å². The Morgan fingerprint density at radius 2 is 1.59 bits per heavy atom. The maximum Gasteiger partial charge on any atom is 0.425 e. The average Bonchev–Trinajstić information content (AvgIpc) is 3.09. The molecule has 0 aliphatic carbocycles. The lowest BCUT2D eigenvalue weighted by Crippen LogP contribution is -2.44. The zero-order chi connectivity index (χ0) is 25.4. The number of halogens is 2. The van der Waals surface area contributed by atoms with Gasteiger partial charge in [-0.25, -0.2) is 24.5 Å². The highest BCUT2D eigenvalue weighted by Crippen LogP contribution is 2.34. The van der Waals surface area contributed by atoms with Gasteiger partial charge in [-0.1, -0.05) is 23.2 Å². The van der Waals surface area contributed by atoms with Crippen LogP contribution in [-0.2, 0) is 16.0 Å². The molecule has 0 saturated carbocycles. The summed E-state index contributed by atoms with van der Waals surface area (Å²) >= 11 is 12.3. The topological polar surface area (TPSA) is 120 Å². The number of carbonyl (C=O) groups is 2. The third-order valence-corrected chi connectivity index (χ3v) is 5.09. The molecule has 0 aliphatic heterocycles. The van der Waals surface area contributed by atoms with Crippen molar-refractivity contribution in [1.29, 1.82) is 0 Å². The van der Waals surface area contributed by atoms with E-state index in [1.807, 2.05) is 0 Å². The number of nitrogens with zero attached hydrogens (tertiary/aromatic N) is 5. The predicted octanol–water partition coefficient (Wildman–Crippen LogP) is 5.56. The molecular formula is C22H25Cl2N5O5. The largest absolute Gasteiger partial charge is 0.508 e. The highest BCUT2D eigenvalue weighted by molar-refractivity contribution is 6.42. The second-order valence-electron chi connectivity index (χ2n) is 9.40. The molecule has 0 radical (unpaired) electrons. The number of hydrogen-bond donors (Lipinski definition) is 1. The number of rotatable bonds is 3. The van der Waals surface area contributed by atoms with Gasteiger partial charge in [0.25, 0.3) is 0 Å². The van der Waals surface area contributed by atoms with Gasteiger partial charge < -0.3 is 19.1 Å². The van der Waals surface area contributed by atoms with E-state index in [0.29, 0.717) is 10.5 Å². The summed E-state index contributed by atoms with van der Waals surface area (Å²) in [6.07, 6.45) is 0.637. The number of phenolic OH excluding ortho intramolecular Hbond substituents is 1. The Kier molecular flexibility index (Phi) is 6.95. The zero-order valence-corrected chi connectivity index (χ0v) is 21.1. The van der Waals surface area contributed by atoms with E-state index < -0.39 is 23.4 Å². The quantitative estimate of drug-likeness (QED) is 0.486. The van der Waals surface area contributed by atoms with E-state index in [-0.39, 0.29) is 39.3 Å². The van der Waals surface area contributed by atoms with Gasteiger partial charge in [-0.05, 0) is 53.7 Å². The highest BCUT2D eigenvalue weighted by Gasteiger charge is 2.35. The number of phenols is 1. The van der Waals surface area contributed by atoms with Crippen molar-refractivity contribution in [1.82, 2.24) is 19.5 Å². The monoisotopic (exact) mass is 509 g/mol. The molecule has 0 fully saturated rings. The number of amides is 2. The number of imide groups is 1. The van der Waals surface area contributed by atoms with Crippen LogP contribution in [0.5, 0.6) is 5.75 Å². The molecule has 3 rings (SSSR count). The molecule has 1 aromatic carbocycles. The number of imidazole rings is 1. The van der Waals surface area contributed by atoms with Crippen LogP contribution in [0.25, 0.3) is 11.2 Å². The molecule has 0 saturated heterocycles. The van der Waals surface area contributed by atoms with Gasteiger partial charge in [-0.15, -0.1) is 0 Å². The van der Waals surface area contributed by atoms with Gasteiger partial charge in [0.15, 0.2) is 17.0 Å². The Morgan fingerprint density at radius 1 is 1.00 bits per heavy atom. The molecule has 182 valence electrons. The van der Waals surface area contributed by atoms with Crippen LogP contribution in [0.1, 0.15) is 47.1 Å². The van der Waals surface area contributed by atoms with Crippen molar-refractivity contribution in [3.05, 3.63) is 40.4 Å². The van der Waals surface area contributed by atoms with Crippen LogP contribution in [0.4, 0.5) is 15.4 Å². The second kappa shape index (κ2) is 9.27. The van der Waals surface area contributed by atoms with Crippen molar-refractivity contribution in [2.45, 2.75) is 59.3 Å². The molecule has 34 heavy (non-hydrogen) atoms. The predicted molar refractivity (Wildman–Crippen MR) is 127 cm³/mol. The first kappa shape index (κ1) is 25.5. The molecule has 0 aliphatic rings. The normalized spacial score (nSPS) is 12.0. The number of anilines is 1. The maximum atomic E-state index is 13.0. The summed E-state index contributed by atoms with van der Waals surface area (Å²) in [5.74, 6) is -0.177. The lowest BCUT2D eigenvalue weighted by Gasteiger charge is -2.28. The van der Waals surface area contributed by atoms with Gasteiger partial charge >= 0.3 is 12.2 Å². The van der Waals surface area contributed by atoms with Gasteiger partial charge in [-0.3, -0.25) is 0 Å². The third kappa shape index (κ3) is 5.68. The number of hydrogen-bond acceptors (Lipinski definition) is 8. The molecule has 2 aromatic heterocycles. The minimum Gasteiger partial charge on any atom is -0.508 e. The van der Waals surface area contributed by atoms with E-state index in [1.54, 1.807) is 46.1 Å². The molecule has 0 unspecified atom stereocenters. The molecule has 3 aromatic rings. The number of fused-ring (bicyclic) bond motifs is 1. The second-order valence-corrected chi connectivity index (χ2v) is 10.2. The van der Waals surface area contributed by atoms with Gasteiger partial charge in [0.05, 0.1) is 22.9 Å². The standard InChI is InChI=1S/C22H25Cl2N5O5/c1-21(2,3)33-19(31)29(20(32)34-22(4,5)6)18-16-17(25-10-26-18)28(11-27-16)9-12-14(30)8-7-13(23)15(12)24/h7-8,10-11,30H,9H2,1-6H3. The summed E-state index contributed by atoms with van der Waals surface area (Å²) in [7, 11) is 0. The van der Waals surface area contributed by atoms with Crippen molar-refractivity contribution in [3.63, 3.8) is 0 Å². The molecular weight excluding hydrogens is 485 g/mol. The minimum absolute atomic E-state index is 0.0605. The summed E-state index contributed by atoms with van der Waals surface area (Å²) in [5.41, 5.74) is -1.01. The lowest BCUT2D eigenvalue weighted by molar-refractivity contribution is 0.0429. The van der Waals surface area contributed by atoms with Gasteiger partial charge in [0, 0.05) is 5.56 Å². The maximum absolute atomic E-state index is 13.0. The Balaban J connectivity index is 2.09. The molecule has 12 heteroatoms. The first-order valence-corrected chi connectivity index (χ1v) is 11.0. The van der Waals surface area contributed by atoms with Crippen LogP contribution >= 0.6 is 23.2 Å². The summed E-state index contributed by atoms with van der Waals surface area (Å²) in [5, 5.41) is 10.7. The lowest BCUT2D eigenvalue weighted by atomic mass is 10.2. The fourth-order valence-electron chi connectivity index (χ4n) is 2.91. The first-order valence-electron chi connectivity index (χ1n) is 10.3. The number of aromatic hydroxyl groups is 1. The molecule has 2 amide bonds. The molecule has 0 atom stereocenters. The first-order chi connectivity index (χ1) is 15.7. The van der Waals surface area contributed by atoms with E-state index >= 15 is 0 Å². The Bertz CT molecular complexity index is 1220. The smallest absolute Gasteiger partial charge is 0.425 e. The summed E-state index contributed by atoms with van der Waals surface area (Å²) in [6, 6.07) is 2.91. The summed E-state index contributed by atoms with van der Waals surface area (Å²) in [4.78, 5) is 39.3. The number of ether oxygens (including phenoxy) is 2. The van der Waals surface area contributed by atoms with E-state index in [2.05, 4.69) is 15.0 Å². The molecule has 0 spiro atoms. The molecule has 0 bridgehead atoms. The van der Waals surface area contributed by atoms with E-state index in [0.717, 1.165) is 0 Å². The summed E-state index contributed by atoms with van der Waals surface area (Å²) < 4.78 is 12.4. The third-order valence-electron chi connectivity index (χ3n) is 4.25. The van der Waals surface area contributed by atoms with Crippen LogP contribution in [0.3, 0.4) is 0 Å². The zero-order valence-electron chi connectivity index (χ0n) is 19.6. The Hall–Kier alpha value is -3.11. The fourth-order valence-corrected chi connectivity index (χ4v) is 3.31. The Morgan fingerprint density at radius 3 is 2.15 bits per heavy atom. The number of carbonyl (C=O) groups excluding carboxylic acids is 2. The average molecular weight is 510 g/mol. The van der Waals surface area contributed by atoms with Gasteiger partial charge in [-0.2, -0.15) is 4.90 Å². The fraction of sp³-hybridized carbons (Fsp3) is 0.409. The molecule has 10 nitrogen and oxygen atoms in total. The van der Waals surface area contributed by atoms with Crippen LogP contribution in [0, 0.1) is 0 Å². The van der Waals surface area contributed by atoms with E-state index in [9.17, 15) is 14.7 Å². The minimum atomic E-state index is -0.980. The molecule has 2 heterocycles. The number of aromatic nitrogens is 4. The van der Waals surface area contributed by atoms with E-state index in [4.69, 9.17) is 32.7 Å². The van der Waals surface area contributed by atoms with Gasteiger partial charge in [0.2, 0.25) is 0 Å².